The van der Waals surface area contributed by atoms with E-state index in [4.69, 9.17) is 0 Å². The van der Waals surface area contributed by atoms with E-state index in [-0.39, 0.29) is 11.8 Å². The zero-order valence-corrected chi connectivity index (χ0v) is 14.1. The number of nitrogens with zero attached hydrogens (tertiary/aromatic N) is 1. The summed E-state index contributed by atoms with van der Waals surface area (Å²) in [6.45, 7) is 6.07. The first-order valence-corrected chi connectivity index (χ1v) is 8.10. The van der Waals surface area contributed by atoms with E-state index >= 15 is 0 Å². The number of aromatic nitrogens is 1. The summed E-state index contributed by atoms with van der Waals surface area (Å²) < 4.78 is 2.26. The standard InChI is InChI=1S/C19H21N3O2/c1-4-22-17-8-6-5-7-15(17)16-11-14(9-10-18(16)22)21-19(24)12(2)20-13(3)23/h5-12H,4H2,1-3H3,(H,20,23)(H,21,24). The van der Waals surface area contributed by atoms with Crippen molar-refractivity contribution in [2.45, 2.75) is 33.4 Å². The van der Waals surface area contributed by atoms with E-state index in [2.05, 4.69) is 34.3 Å². The van der Waals surface area contributed by atoms with Crippen LogP contribution in [0.15, 0.2) is 42.5 Å². The monoisotopic (exact) mass is 323 g/mol. The summed E-state index contributed by atoms with van der Waals surface area (Å²) in [6.07, 6.45) is 0. The Hall–Kier alpha value is -2.82. The van der Waals surface area contributed by atoms with E-state index < -0.39 is 6.04 Å². The largest absolute Gasteiger partial charge is 0.345 e. The fourth-order valence-electron chi connectivity index (χ4n) is 3.09. The number of hydrogen-bond acceptors (Lipinski definition) is 2. The number of nitrogens with one attached hydrogen (secondary N) is 2. The second-order valence-electron chi connectivity index (χ2n) is 5.90. The van der Waals surface area contributed by atoms with Gasteiger partial charge in [0.2, 0.25) is 11.8 Å². The number of carbonyl (C=O) groups excluding carboxylic acids is 2. The van der Waals surface area contributed by atoms with Crippen LogP contribution in [-0.4, -0.2) is 22.4 Å². The molecule has 0 bridgehead atoms. The zero-order valence-electron chi connectivity index (χ0n) is 14.1. The molecule has 5 heteroatoms. The van der Waals surface area contributed by atoms with Crippen molar-refractivity contribution in [1.82, 2.24) is 9.88 Å². The second-order valence-corrected chi connectivity index (χ2v) is 5.90. The van der Waals surface area contributed by atoms with Crippen LogP contribution in [0, 0.1) is 0 Å². The molecule has 0 aliphatic heterocycles. The first-order chi connectivity index (χ1) is 11.5. The zero-order chi connectivity index (χ0) is 17.3. The Morgan fingerprint density at radius 1 is 1.08 bits per heavy atom. The lowest BCUT2D eigenvalue weighted by Gasteiger charge is -2.13. The molecule has 2 N–H and O–H groups in total. The number of carbonyl (C=O) groups is 2. The van der Waals surface area contributed by atoms with Crippen LogP contribution >= 0.6 is 0 Å². The van der Waals surface area contributed by atoms with Gasteiger partial charge in [-0.1, -0.05) is 18.2 Å². The Balaban J connectivity index is 1.98. The topological polar surface area (TPSA) is 63.1 Å². The van der Waals surface area contributed by atoms with Crippen molar-refractivity contribution in [2.24, 2.45) is 0 Å². The number of benzene rings is 2. The lowest BCUT2D eigenvalue weighted by atomic mass is 10.1. The van der Waals surface area contributed by atoms with Crippen LogP contribution in [0.1, 0.15) is 20.8 Å². The van der Waals surface area contributed by atoms with Crippen LogP contribution in [-0.2, 0) is 16.1 Å². The van der Waals surface area contributed by atoms with Gasteiger partial charge in [-0.15, -0.1) is 0 Å². The van der Waals surface area contributed by atoms with Gasteiger partial charge in [-0.3, -0.25) is 9.59 Å². The van der Waals surface area contributed by atoms with Crippen LogP contribution in [0.25, 0.3) is 21.8 Å². The molecule has 5 nitrogen and oxygen atoms in total. The predicted molar refractivity (Wildman–Crippen MR) is 97.0 cm³/mol. The van der Waals surface area contributed by atoms with E-state index in [9.17, 15) is 9.59 Å². The maximum Gasteiger partial charge on any atom is 0.246 e. The molecule has 0 saturated carbocycles. The Kier molecular flexibility index (Phi) is 4.25. The number of hydrogen-bond donors (Lipinski definition) is 2. The summed E-state index contributed by atoms with van der Waals surface area (Å²) in [5.41, 5.74) is 3.06. The molecule has 2 amide bonds. The first kappa shape index (κ1) is 16.1. The minimum absolute atomic E-state index is 0.223. The van der Waals surface area contributed by atoms with Gasteiger partial charge in [0.05, 0.1) is 0 Å². The highest BCUT2D eigenvalue weighted by Crippen LogP contribution is 2.30. The van der Waals surface area contributed by atoms with Crippen molar-refractivity contribution >= 4 is 39.3 Å². The van der Waals surface area contributed by atoms with Gasteiger partial charge in [0.1, 0.15) is 6.04 Å². The maximum absolute atomic E-state index is 12.2. The normalized spacial score (nSPS) is 12.3. The SMILES string of the molecule is CCn1c2ccccc2c2cc(NC(=O)C(C)NC(C)=O)ccc21. The Morgan fingerprint density at radius 3 is 2.50 bits per heavy atom. The molecule has 0 radical (unpaired) electrons. The van der Waals surface area contributed by atoms with E-state index in [0.717, 1.165) is 23.1 Å². The van der Waals surface area contributed by atoms with Gasteiger partial charge in [-0.25, -0.2) is 0 Å². The minimum atomic E-state index is -0.574. The van der Waals surface area contributed by atoms with Crippen molar-refractivity contribution in [3.63, 3.8) is 0 Å². The van der Waals surface area contributed by atoms with Crippen molar-refractivity contribution < 1.29 is 9.59 Å². The average molecular weight is 323 g/mol. The molecule has 124 valence electrons. The molecular weight excluding hydrogens is 302 g/mol. The van der Waals surface area contributed by atoms with Gasteiger partial charge >= 0.3 is 0 Å². The highest BCUT2D eigenvalue weighted by molar-refractivity contribution is 6.10. The molecule has 2 aromatic carbocycles. The Bertz CT molecular complexity index is 927. The third-order valence-electron chi connectivity index (χ3n) is 4.17. The molecule has 0 aliphatic carbocycles. The number of rotatable bonds is 4. The third-order valence-corrected chi connectivity index (χ3v) is 4.17. The first-order valence-electron chi connectivity index (χ1n) is 8.10. The van der Waals surface area contributed by atoms with Crippen LogP contribution in [0.3, 0.4) is 0 Å². The van der Waals surface area contributed by atoms with Gasteiger partial charge < -0.3 is 15.2 Å². The summed E-state index contributed by atoms with van der Waals surface area (Å²) in [5.74, 6) is -0.456. The number of amides is 2. The van der Waals surface area contributed by atoms with Crippen LogP contribution in [0.4, 0.5) is 5.69 Å². The van der Waals surface area contributed by atoms with Gasteiger partial charge in [-0.05, 0) is 38.1 Å². The second kappa shape index (κ2) is 6.35. The van der Waals surface area contributed by atoms with Gasteiger partial charge in [-0.2, -0.15) is 0 Å². The number of fused-ring (bicyclic) bond motifs is 3. The van der Waals surface area contributed by atoms with Crippen LogP contribution in [0.5, 0.6) is 0 Å². The van der Waals surface area contributed by atoms with Crippen LogP contribution in [0.2, 0.25) is 0 Å². The van der Waals surface area contributed by atoms with Crippen LogP contribution < -0.4 is 10.6 Å². The molecule has 0 aliphatic rings. The molecule has 0 spiro atoms. The summed E-state index contributed by atoms with van der Waals surface area (Å²) in [6, 6.07) is 13.6. The fourth-order valence-corrected chi connectivity index (χ4v) is 3.09. The van der Waals surface area contributed by atoms with Crippen molar-refractivity contribution in [3.8, 4) is 0 Å². The smallest absolute Gasteiger partial charge is 0.246 e. The Labute approximate surface area is 140 Å². The molecule has 1 heterocycles. The lowest BCUT2D eigenvalue weighted by Crippen LogP contribution is -2.40. The Morgan fingerprint density at radius 2 is 1.79 bits per heavy atom. The van der Waals surface area contributed by atoms with Gasteiger partial charge in [0.25, 0.3) is 0 Å². The minimum Gasteiger partial charge on any atom is -0.345 e. The van der Waals surface area contributed by atoms with E-state index in [1.54, 1.807) is 6.92 Å². The molecular formula is C19H21N3O2. The van der Waals surface area contributed by atoms with Gasteiger partial charge in [0.15, 0.2) is 0 Å². The van der Waals surface area contributed by atoms with Crippen molar-refractivity contribution in [1.29, 1.82) is 0 Å². The molecule has 0 fully saturated rings. The van der Waals surface area contributed by atoms with Crippen molar-refractivity contribution in [3.05, 3.63) is 42.5 Å². The maximum atomic E-state index is 12.2. The van der Waals surface area contributed by atoms with E-state index in [1.807, 2.05) is 30.3 Å². The lowest BCUT2D eigenvalue weighted by molar-refractivity contribution is -0.124. The van der Waals surface area contributed by atoms with E-state index in [1.165, 1.54) is 17.8 Å². The summed E-state index contributed by atoms with van der Waals surface area (Å²) >= 11 is 0. The number of anilines is 1. The molecule has 24 heavy (non-hydrogen) atoms. The number of aryl methyl sites for hydroxylation is 1. The van der Waals surface area contributed by atoms with E-state index in [0.29, 0.717) is 0 Å². The predicted octanol–water partition coefficient (Wildman–Crippen LogP) is 3.28. The quantitative estimate of drug-likeness (QED) is 0.774. The summed E-state index contributed by atoms with van der Waals surface area (Å²) in [7, 11) is 0. The summed E-state index contributed by atoms with van der Waals surface area (Å²) in [4.78, 5) is 23.3. The molecule has 1 unspecified atom stereocenters. The van der Waals surface area contributed by atoms with Crippen molar-refractivity contribution in [2.75, 3.05) is 5.32 Å². The molecule has 3 aromatic rings. The molecule has 1 aromatic heterocycles. The molecule has 1 atom stereocenters. The molecule has 3 rings (SSSR count). The highest BCUT2D eigenvalue weighted by atomic mass is 16.2. The molecule has 0 saturated heterocycles. The average Bonchev–Trinajstić information content (AvgIpc) is 2.87. The van der Waals surface area contributed by atoms with Gasteiger partial charge in [0, 0.05) is 41.0 Å². The summed E-state index contributed by atoms with van der Waals surface area (Å²) in [5, 5.41) is 7.73. The fraction of sp³-hybridized carbons (Fsp3) is 0.263. The highest BCUT2D eigenvalue weighted by Gasteiger charge is 2.15. The number of para-hydroxylation sites is 1. The third kappa shape index (κ3) is 2.85.